The molecule has 2 aliphatic rings. The van der Waals surface area contributed by atoms with E-state index >= 15 is 0 Å². The molecule has 1 aliphatic heterocycles. The van der Waals surface area contributed by atoms with Gasteiger partial charge in [0.25, 0.3) is 0 Å². The van der Waals surface area contributed by atoms with E-state index in [0.717, 1.165) is 24.8 Å². The van der Waals surface area contributed by atoms with Gasteiger partial charge < -0.3 is 9.64 Å². The quantitative estimate of drug-likeness (QED) is 0.848. The Labute approximate surface area is 118 Å². The second-order valence-electron chi connectivity index (χ2n) is 5.75. The molecule has 4 heteroatoms. The average Bonchev–Trinajstić information content (AvgIpc) is 3.26. The van der Waals surface area contributed by atoms with Crippen molar-refractivity contribution in [2.24, 2.45) is 11.3 Å². The summed E-state index contributed by atoms with van der Waals surface area (Å²) in [5.41, 5.74) is 0.667. The molecular weight excluding hydrogens is 252 g/mol. The molecule has 1 aliphatic carbocycles. The first kappa shape index (κ1) is 13.0. The summed E-state index contributed by atoms with van der Waals surface area (Å²) >= 11 is 0. The zero-order valence-corrected chi connectivity index (χ0v) is 11.4. The van der Waals surface area contributed by atoms with Gasteiger partial charge in [-0.15, -0.1) is 0 Å². The summed E-state index contributed by atoms with van der Waals surface area (Å²) < 4.78 is 5.33. The van der Waals surface area contributed by atoms with Crippen molar-refractivity contribution in [2.75, 3.05) is 13.1 Å². The Morgan fingerprint density at radius 1 is 1.40 bits per heavy atom. The van der Waals surface area contributed by atoms with Gasteiger partial charge in [0, 0.05) is 13.1 Å². The predicted octanol–water partition coefficient (Wildman–Crippen LogP) is 2.95. The van der Waals surface area contributed by atoms with Crippen LogP contribution in [0.2, 0.25) is 0 Å². The van der Waals surface area contributed by atoms with Crippen LogP contribution >= 0.6 is 0 Å². The lowest BCUT2D eigenvalue weighted by Crippen LogP contribution is -2.33. The topological polar surface area (TPSA) is 53.3 Å². The predicted molar refractivity (Wildman–Crippen MR) is 73.6 cm³/mol. The van der Waals surface area contributed by atoms with E-state index in [9.17, 15) is 10.1 Å². The van der Waals surface area contributed by atoms with Gasteiger partial charge in [-0.25, -0.2) is 4.79 Å². The number of amides is 1. The van der Waals surface area contributed by atoms with Crippen molar-refractivity contribution in [1.82, 2.24) is 4.90 Å². The number of benzene rings is 1. The second kappa shape index (κ2) is 5.16. The van der Waals surface area contributed by atoms with Crippen LogP contribution in [0.25, 0.3) is 0 Å². The third-order valence-electron chi connectivity index (χ3n) is 4.35. The van der Waals surface area contributed by atoms with E-state index in [1.54, 1.807) is 4.90 Å². The normalized spacial score (nSPS) is 25.2. The van der Waals surface area contributed by atoms with Crippen LogP contribution in [0.3, 0.4) is 0 Å². The lowest BCUT2D eigenvalue weighted by molar-refractivity contribution is 0.101. The van der Waals surface area contributed by atoms with Crippen LogP contribution in [0.4, 0.5) is 4.79 Å². The van der Waals surface area contributed by atoms with Crippen LogP contribution in [0.5, 0.6) is 0 Å². The molecule has 0 aromatic heterocycles. The van der Waals surface area contributed by atoms with Crippen molar-refractivity contribution in [3.8, 4) is 6.07 Å². The molecule has 0 bridgehead atoms. The van der Waals surface area contributed by atoms with Gasteiger partial charge in [0.1, 0.15) is 6.61 Å². The summed E-state index contributed by atoms with van der Waals surface area (Å²) in [5.74, 6) is 0.486. The van der Waals surface area contributed by atoms with Gasteiger partial charge >= 0.3 is 6.09 Å². The first-order valence-corrected chi connectivity index (χ1v) is 7.10. The van der Waals surface area contributed by atoms with Crippen LogP contribution in [-0.4, -0.2) is 24.1 Å². The molecule has 0 spiro atoms. The van der Waals surface area contributed by atoms with Crippen LogP contribution in [0, 0.1) is 22.7 Å². The molecule has 4 nitrogen and oxygen atoms in total. The fraction of sp³-hybridized carbons (Fsp3) is 0.500. The van der Waals surface area contributed by atoms with E-state index in [0.29, 0.717) is 25.6 Å². The number of nitriles is 1. The Morgan fingerprint density at radius 2 is 2.15 bits per heavy atom. The monoisotopic (exact) mass is 270 g/mol. The molecule has 1 aromatic rings. The molecule has 1 saturated carbocycles. The Hall–Kier alpha value is -2.02. The number of carbonyl (C=O) groups excluding carboxylic acids is 1. The van der Waals surface area contributed by atoms with Gasteiger partial charge in [-0.05, 0) is 30.7 Å². The summed E-state index contributed by atoms with van der Waals surface area (Å²) in [6.45, 7) is 1.46. The van der Waals surface area contributed by atoms with Crippen molar-refractivity contribution in [3.63, 3.8) is 0 Å². The fourth-order valence-corrected chi connectivity index (χ4v) is 2.95. The highest BCUT2D eigenvalue weighted by Crippen LogP contribution is 2.50. The lowest BCUT2D eigenvalue weighted by atomic mass is 9.83. The van der Waals surface area contributed by atoms with Crippen molar-refractivity contribution >= 4 is 6.09 Å². The van der Waals surface area contributed by atoms with E-state index in [-0.39, 0.29) is 11.5 Å². The number of likely N-dealkylation sites (tertiary alicyclic amines) is 1. The third kappa shape index (κ3) is 2.49. The molecular formula is C16H18N2O2. The van der Waals surface area contributed by atoms with Crippen LogP contribution in [0.1, 0.15) is 24.8 Å². The summed E-state index contributed by atoms with van der Waals surface area (Å²) in [6.07, 6.45) is 2.74. The van der Waals surface area contributed by atoms with E-state index < -0.39 is 0 Å². The summed E-state index contributed by atoms with van der Waals surface area (Å²) in [4.78, 5) is 13.7. The Kier molecular flexibility index (Phi) is 3.35. The molecule has 2 fully saturated rings. The molecule has 1 aromatic carbocycles. The highest BCUT2D eigenvalue weighted by molar-refractivity contribution is 5.68. The van der Waals surface area contributed by atoms with E-state index in [4.69, 9.17) is 4.74 Å². The van der Waals surface area contributed by atoms with Crippen LogP contribution in [0.15, 0.2) is 30.3 Å². The minimum Gasteiger partial charge on any atom is -0.445 e. The minimum atomic E-state index is -0.314. The highest BCUT2D eigenvalue weighted by atomic mass is 16.6. The Balaban J connectivity index is 1.55. The second-order valence-corrected chi connectivity index (χ2v) is 5.75. The van der Waals surface area contributed by atoms with Gasteiger partial charge in [-0.3, -0.25) is 0 Å². The van der Waals surface area contributed by atoms with Crippen molar-refractivity contribution in [1.29, 1.82) is 5.26 Å². The first-order valence-electron chi connectivity index (χ1n) is 7.10. The zero-order chi connectivity index (χ0) is 14.0. The van der Waals surface area contributed by atoms with Gasteiger partial charge in [0.05, 0.1) is 11.5 Å². The summed E-state index contributed by atoms with van der Waals surface area (Å²) in [5, 5.41) is 9.41. The minimum absolute atomic E-state index is 0.291. The van der Waals surface area contributed by atoms with Crippen molar-refractivity contribution < 1.29 is 9.53 Å². The maximum Gasteiger partial charge on any atom is 0.410 e. The fourth-order valence-electron chi connectivity index (χ4n) is 2.95. The summed E-state index contributed by atoms with van der Waals surface area (Å²) in [6, 6.07) is 12.1. The number of nitrogens with zero attached hydrogens (tertiary/aromatic N) is 2. The standard InChI is InChI=1S/C16H18N2O2/c17-11-16(14-6-7-14)8-9-18(12-16)15(19)20-10-13-4-2-1-3-5-13/h1-5,14H,6-10,12H2. The maximum absolute atomic E-state index is 12.1. The Morgan fingerprint density at radius 3 is 2.80 bits per heavy atom. The number of hydrogen-bond donors (Lipinski definition) is 0. The highest BCUT2D eigenvalue weighted by Gasteiger charge is 2.51. The molecule has 1 unspecified atom stereocenters. The van der Waals surface area contributed by atoms with Gasteiger partial charge in [0.15, 0.2) is 0 Å². The van der Waals surface area contributed by atoms with Gasteiger partial charge in [-0.1, -0.05) is 30.3 Å². The van der Waals surface area contributed by atoms with E-state index in [2.05, 4.69) is 6.07 Å². The van der Waals surface area contributed by atoms with Gasteiger partial charge in [0.2, 0.25) is 0 Å². The number of ether oxygens (including phenoxy) is 1. The third-order valence-corrected chi connectivity index (χ3v) is 4.35. The van der Waals surface area contributed by atoms with Crippen LogP contribution in [-0.2, 0) is 11.3 Å². The maximum atomic E-state index is 12.1. The van der Waals surface area contributed by atoms with Crippen molar-refractivity contribution in [2.45, 2.75) is 25.9 Å². The number of hydrogen-bond acceptors (Lipinski definition) is 3. The first-order chi connectivity index (χ1) is 9.73. The molecule has 0 radical (unpaired) electrons. The molecule has 1 saturated heterocycles. The Bertz CT molecular complexity index is 533. The lowest BCUT2D eigenvalue weighted by Gasteiger charge is -2.21. The SMILES string of the molecule is N#CC1(C2CC2)CCN(C(=O)OCc2ccccc2)C1. The number of rotatable bonds is 3. The number of carbonyl (C=O) groups is 1. The molecule has 0 N–H and O–H groups in total. The zero-order valence-electron chi connectivity index (χ0n) is 11.4. The molecule has 1 amide bonds. The molecule has 1 heterocycles. The van der Waals surface area contributed by atoms with E-state index in [1.165, 1.54) is 0 Å². The smallest absolute Gasteiger partial charge is 0.410 e. The molecule has 1 atom stereocenters. The molecule has 3 rings (SSSR count). The average molecular weight is 270 g/mol. The summed E-state index contributed by atoms with van der Waals surface area (Å²) in [7, 11) is 0. The molecule has 20 heavy (non-hydrogen) atoms. The largest absolute Gasteiger partial charge is 0.445 e. The van der Waals surface area contributed by atoms with E-state index in [1.807, 2.05) is 30.3 Å². The van der Waals surface area contributed by atoms with Crippen molar-refractivity contribution in [3.05, 3.63) is 35.9 Å². The molecule has 104 valence electrons. The van der Waals surface area contributed by atoms with Crippen LogP contribution < -0.4 is 0 Å². The van der Waals surface area contributed by atoms with Gasteiger partial charge in [-0.2, -0.15) is 5.26 Å².